The van der Waals surface area contributed by atoms with Gasteiger partial charge in [-0.2, -0.15) is 0 Å². The van der Waals surface area contributed by atoms with Crippen molar-refractivity contribution in [2.24, 2.45) is 0 Å². The van der Waals surface area contributed by atoms with Gasteiger partial charge in [-0.15, -0.1) is 0 Å². The van der Waals surface area contributed by atoms with Crippen LogP contribution in [0.4, 0.5) is 10.1 Å². The number of nitrogens with one attached hydrogen (secondary N) is 1. The molecule has 0 saturated heterocycles. The van der Waals surface area contributed by atoms with Gasteiger partial charge in [0.1, 0.15) is 5.82 Å². The van der Waals surface area contributed by atoms with Crippen molar-refractivity contribution >= 4 is 5.69 Å². The molecule has 2 unspecified atom stereocenters. The Labute approximate surface area is 89.1 Å². The lowest BCUT2D eigenvalue weighted by atomic mass is 10.0. The number of nitrogen functional groups attached to an aromatic ring is 1. The summed E-state index contributed by atoms with van der Waals surface area (Å²) < 4.78 is 12.9. The van der Waals surface area contributed by atoms with Crippen LogP contribution in [0, 0.1) is 5.82 Å². The van der Waals surface area contributed by atoms with E-state index < -0.39 is 6.10 Å². The average Bonchev–Trinajstić information content (AvgIpc) is 2.21. The molecule has 4 N–H and O–H groups in total. The fourth-order valence-electron chi connectivity index (χ4n) is 1.41. The van der Waals surface area contributed by atoms with Crippen molar-refractivity contribution in [1.82, 2.24) is 5.32 Å². The quantitative estimate of drug-likeness (QED) is 0.662. The van der Waals surface area contributed by atoms with Gasteiger partial charge >= 0.3 is 0 Å². The minimum absolute atomic E-state index is 0.155. The van der Waals surface area contributed by atoms with Gasteiger partial charge in [0.25, 0.3) is 0 Å². The molecule has 84 valence electrons. The molecule has 0 aliphatic heterocycles. The van der Waals surface area contributed by atoms with Gasteiger partial charge < -0.3 is 16.2 Å². The molecule has 0 fully saturated rings. The summed E-state index contributed by atoms with van der Waals surface area (Å²) in [6.45, 7) is 1.94. The lowest BCUT2D eigenvalue weighted by Gasteiger charge is -2.17. The third-order valence-corrected chi connectivity index (χ3v) is 2.48. The minimum Gasteiger partial charge on any atom is -0.398 e. The van der Waals surface area contributed by atoms with E-state index in [4.69, 9.17) is 5.73 Å². The Morgan fingerprint density at radius 1 is 1.53 bits per heavy atom. The first kappa shape index (κ1) is 11.9. The molecule has 1 aromatic carbocycles. The lowest BCUT2D eigenvalue weighted by Crippen LogP contribution is -2.24. The highest BCUT2D eigenvalue weighted by molar-refractivity contribution is 5.48. The predicted octanol–water partition coefficient (Wildman–Crippen LogP) is 1.44. The van der Waals surface area contributed by atoms with Gasteiger partial charge in [-0.25, -0.2) is 4.39 Å². The van der Waals surface area contributed by atoms with Crippen molar-refractivity contribution in [1.29, 1.82) is 0 Å². The van der Waals surface area contributed by atoms with E-state index in [0.717, 1.165) is 0 Å². The smallest absolute Gasteiger partial charge is 0.123 e. The highest BCUT2D eigenvalue weighted by Crippen LogP contribution is 2.24. The molecule has 4 heteroatoms. The number of nitrogens with two attached hydrogens (primary N) is 1. The fourth-order valence-corrected chi connectivity index (χ4v) is 1.41. The fraction of sp³-hybridized carbons (Fsp3) is 0.455. The van der Waals surface area contributed by atoms with Crippen LogP contribution in [0.1, 0.15) is 25.0 Å². The summed E-state index contributed by atoms with van der Waals surface area (Å²) in [6, 6.07) is 4.19. The molecular weight excluding hydrogens is 195 g/mol. The third-order valence-electron chi connectivity index (χ3n) is 2.48. The maximum absolute atomic E-state index is 12.9. The summed E-state index contributed by atoms with van der Waals surface area (Å²) in [4.78, 5) is 0. The van der Waals surface area contributed by atoms with Crippen molar-refractivity contribution in [3.05, 3.63) is 29.6 Å². The number of hydrogen-bond acceptors (Lipinski definition) is 3. The van der Waals surface area contributed by atoms with E-state index in [1.165, 1.54) is 18.2 Å². The van der Waals surface area contributed by atoms with Gasteiger partial charge in [0, 0.05) is 17.3 Å². The Morgan fingerprint density at radius 3 is 2.80 bits per heavy atom. The highest BCUT2D eigenvalue weighted by atomic mass is 19.1. The van der Waals surface area contributed by atoms with E-state index in [9.17, 15) is 9.50 Å². The second-order valence-corrected chi connectivity index (χ2v) is 3.71. The summed E-state index contributed by atoms with van der Waals surface area (Å²) >= 11 is 0. The van der Waals surface area contributed by atoms with Gasteiger partial charge in [0.15, 0.2) is 0 Å². The van der Waals surface area contributed by atoms with E-state index in [0.29, 0.717) is 17.7 Å². The topological polar surface area (TPSA) is 58.3 Å². The van der Waals surface area contributed by atoms with Crippen LogP contribution in [0.3, 0.4) is 0 Å². The Kier molecular flexibility index (Phi) is 4.05. The van der Waals surface area contributed by atoms with E-state index in [-0.39, 0.29) is 11.9 Å². The molecule has 1 rings (SSSR count). The number of halogens is 1. The van der Waals surface area contributed by atoms with Crippen molar-refractivity contribution in [3.63, 3.8) is 0 Å². The molecule has 0 bridgehead atoms. The standard InChI is InChI=1S/C11H17FN2O/c1-7(14-2)5-11(15)9-6-8(12)3-4-10(9)13/h3-4,6-7,11,14-15H,5,13H2,1-2H3. The second kappa shape index (κ2) is 5.09. The zero-order valence-corrected chi connectivity index (χ0v) is 9.00. The first-order valence-corrected chi connectivity index (χ1v) is 4.95. The molecule has 0 heterocycles. The molecule has 3 nitrogen and oxygen atoms in total. The summed E-state index contributed by atoms with van der Waals surface area (Å²) in [7, 11) is 1.81. The van der Waals surface area contributed by atoms with Crippen LogP contribution in [0.5, 0.6) is 0 Å². The molecule has 0 radical (unpaired) electrons. The SMILES string of the molecule is CNC(C)CC(O)c1cc(F)ccc1N. The molecule has 0 spiro atoms. The van der Waals surface area contributed by atoms with Crippen LogP contribution in [-0.2, 0) is 0 Å². The molecule has 2 atom stereocenters. The number of aliphatic hydroxyl groups is 1. The predicted molar refractivity (Wildman–Crippen MR) is 58.9 cm³/mol. The molecule has 0 amide bonds. The van der Waals surface area contributed by atoms with E-state index in [1.54, 1.807) is 0 Å². The van der Waals surface area contributed by atoms with Crippen LogP contribution in [-0.4, -0.2) is 18.2 Å². The minimum atomic E-state index is -0.733. The maximum Gasteiger partial charge on any atom is 0.123 e. The van der Waals surface area contributed by atoms with Crippen molar-refractivity contribution in [2.45, 2.75) is 25.5 Å². The van der Waals surface area contributed by atoms with Crippen molar-refractivity contribution in [2.75, 3.05) is 12.8 Å². The normalized spacial score (nSPS) is 14.9. The molecule has 0 aliphatic rings. The van der Waals surface area contributed by atoms with E-state index in [1.807, 2.05) is 14.0 Å². The van der Waals surface area contributed by atoms with Crippen LogP contribution in [0.25, 0.3) is 0 Å². The van der Waals surface area contributed by atoms with E-state index >= 15 is 0 Å². The summed E-state index contributed by atoms with van der Waals surface area (Å²) in [5.41, 5.74) is 6.54. The summed E-state index contributed by atoms with van der Waals surface area (Å²) in [6.07, 6.45) is -0.229. The molecule has 0 aliphatic carbocycles. The van der Waals surface area contributed by atoms with Crippen LogP contribution < -0.4 is 11.1 Å². The van der Waals surface area contributed by atoms with Crippen molar-refractivity contribution < 1.29 is 9.50 Å². The Balaban J connectivity index is 2.80. The van der Waals surface area contributed by atoms with Crippen LogP contribution >= 0.6 is 0 Å². The molecule has 0 saturated carbocycles. The molecule has 15 heavy (non-hydrogen) atoms. The monoisotopic (exact) mass is 212 g/mol. The largest absolute Gasteiger partial charge is 0.398 e. The Hall–Kier alpha value is -1.13. The van der Waals surface area contributed by atoms with Crippen LogP contribution in [0.2, 0.25) is 0 Å². The van der Waals surface area contributed by atoms with Gasteiger partial charge in [-0.3, -0.25) is 0 Å². The highest BCUT2D eigenvalue weighted by Gasteiger charge is 2.14. The van der Waals surface area contributed by atoms with Gasteiger partial charge in [-0.1, -0.05) is 0 Å². The number of anilines is 1. The molecule has 1 aromatic rings. The average molecular weight is 212 g/mol. The number of benzene rings is 1. The first-order valence-electron chi connectivity index (χ1n) is 4.95. The Morgan fingerprint density at radius 2 is 2.20 bits per heavy atom. The van der Waals surface area contributed by atoms with Crippen LogP contribution in [0.15, 0.2) is 18.2 Å². The second-order valence-electron chi connectivity index (χ2n) is 3.71. The zero-order chi connectivity index (χ0) is 11.4. The number of hydrogen-bond donors (Lipinski definition) is 3. The number of rotatable bonds is 4. The summed E-state index contributed by atoms with van der Waals surface area (Å²) in [5.74, 6) is -0.379. The lowest BCUT2D eigenvalue weighted by molar-refractivity contribution is 0.156. The van der Waals surface area contributed by atoms with Crippen molar-refractivity contribution in [3.8, 4) is 0 Å². The van der Waals surface area contributed by atoms with Gasteiger partial charge in [0.2, 0.25) is 0 Å². The summed E-state index contributed by atoms with van der Waals surface area (Å²) in [5, 5.41) is 12.8. The molecular formula is C11H17FN2O. The maximum atomic E-state index is 12.9. The van der Waals surface area contributed by atoms with Gasteiger partial charge in [0.05, 0.1) is 6.10 Å². The van der Waals surface area contributed by atoms with Gasteiger partial charge in [-0.05, 0) is 38.6 Å². The van der Waals surface area contributed by atoms with E-state index in [2.05, 4.69) is 5.32 Å². The Bertz CT molecular complexity index is 330. The molecule has 0 aromatic heterocycles. The number of aliphatic hydroxyl groups excluding tert-OH is 1. The first-order chi connectivity index (χ1) is 7.04. The third kappa shape index (κ3) is 3.18. The zero-order valence-electron chi connectivity index (χ0n) is 9.00.